The lowest BCUT2D eigenvalue weighted by Crippen LogP contribution is -2.11. The maximum absolute atomic E-state index is 11.3. The third kappa shape index (κ3) is 6.34. The maximum Gasteiger partial charge on any atom is 0.248 e. The third-order valence-electron chi connectivity index (χ3n) is 2.60. The Kier molecular flexibility index (Phi) is 7.98. The van der Waals surface area contributed by atoms with Gasteiger partial charge in [0.25, 0.3) is 0 Å². The van der Waals surface area contributed by atoms with Gasteiger partial charge in [0.2, 0.25) is 5.91 Å². The summed E-state index contributed by atoms with van der Waals surface area (Å²) in [5.41, 5.74) is 5.91. The molecule has 0 radical (unpaired) electrons. The summed E-state index contributed by atoms with van der Waals surface area (Å²) in [7, 11) is 0. The Hall–Kier alpha value is -0.680. The molecule has 1 amide bonds. The first-order valence-electron chi connectivity index (χ1n) is 6.74. The number of aromatic nitrogens is 1. The minimum Gasteiger partial charge on any atom is -0.366 e. The standard InChI is InChI=1S/C14H22N2OS2/c1-3-5-6-7-8-19-13-10-11(14(15)17)9-12(16-13)18-4-2/h9-10H,3-8H2,1-2H3,(H2,15,17). The molecule has 0 saturated carbocycles. The fourth-order valence-corrected chi connectivity index (χ4v) is 3.28. The number of amides is 1. The second-order valence-corrected chi connectivity index (χ2v) is 6.64. The Bertz CT molecular complexity index is 410. The van der Waals surface area contributed by atoms with Crippen molar-refractivity contribution in [2.24, 2.45) is 5.73 Å². The van der Waals surface area contributed by atoms with Crippen LogP contribution in [0.15, 0.2) is 22.2 Å². The topological polar surface area (TPSA) is 56.0 Å². The fraction of sp³-hybridized carbons (Fsp3) is 0.571. The summed E-state index contributed by atoms with van der Waals surface area (Å²) in [5, 5.41) is 1.79. The number of nitrogens with two attached hydrogens (primary N) is 1. The SMILES string of the molecule is CCCCCCSc1cc(C(N)=O)cc(SCC)n1. The lowest BCUT2D eigenvalue weighted by Gasteiger charge is -2.06. The number of nitrogens with zero attached hydrogens (tertiary/aromatic N) is 1. The van der Waals surface area contributed by atoms with E-state index in [2.05, 4.69) is 18.8 Å². The molecule has 0 aliphatic carbocycles. The molecule has 5 heteroatoms. The highest BCUT2D eigenvalue weighted by Gasteiger charge is 2.07. The molecular weight excluding hydrogens is 276 g/mol. The Morgan fingerprint density at radius 2 is 1.84 bits per heavy atom. The number of rotatable bonds is 9. The average molecular weight is 298 g/mol. The summed E-state index contributed by atoms with van der Waals surface area (Å²) in [6, 6.07) is 3.57. The fourth-order valence-electron chi connectivity index (χ4n) is 1.62. The first kappa shape index (κ1) is 16.4. The molecule has 1 aromatic rings. The highest BCUT2D eigenvalue weighted by molar-refractivity contribution is 7.99. The Labute approximate surface area is 124 Å². The third-order valence-corrected chi connectivity index (χ3v) is 4.39. The molecule has 19 heavy (non-hydrogen) atoms. The minimum absolute atomic E-state index is 0.381. The van der Waals surface area contributed by atoms with Crippen LogP contribution in [0.2, 0.25) is 0 Å². The van der Waals surface area contributed by atoms with Crippen LogP contribution in [-0.2, 0) is 0 Å². The normalized spacial score (nSPS) is 10.6. The quantitative estimate of drug-likeness (QED) is 0.553. The molecule has 1 rings (SSSR count). The van der Waals surface area contributed by atoms with E-state index in [1.54, 1.807) is 35.7 Å². The summed E-state index contributed by atoms with van der Waals surface area (Å²) >= 11 is 3.35. The van der Waals surface area contributed by atoms with Gasteiger partial charge in [-0.05, 0) is 30.1 Å². The van der Waals surface area contributed by atoms with Gasteiger partial charge >= 0.3 is 0 Å². The second-order valence-electron chi connectivity index (χ2n) is 4.24. The van der Waals surface area contributed by atoms with Crippen LogP contribution in [-0.4, -0.2) is 22.4 Å². The van der Waals surface area contributed by atoms with Crippen LogP contribution in [0.3, 0.4) is 0 Å². The number of hydrogen-bond donors (Lipinski definition) is 1. The van der Waals surface area contributed by atoms with E-state index in [4.69, 9.17) is 5.73 Å². The summed E-state index contributed by atoms with van der Waals surface area (Å²) < 4.78 is 0. The Morgan fingerprint density at radius 1 is 1.16 bits per heavy atom. The summed E-state index contributed by atoms with van der Waals surface area (Å²) in [6.45, 7) is 4.28. The lowest BCUT2D eigenvalue weighted by molar-refractivity contribution is 0.0999. The van der Waals surface area contributed by atoms with E-state index < -0.39 is 0 Å². The van der Waals surface area contributed by atoms with E-state index in [0.29, 0.717) is 5.56 Å². The van der Waals surface area contributed by atoms with Crippen molar-refractivity contribution in [3.05, 3.63) is 17.7 Å². The highest BCUT2D eigenvalue weighted by Crippen LogP contribution is 2.24. The predicted molar refractivity (Wildman–Crippen MR) is 84.0 cm³/mol. The van der Waals surface area contributed by atoms with Crippen molar-refractivity contribution in [1.82, 2.24) is 4.98 Å². The van der Waals surface area contributed by atoms with Crippen molar-refractivity contribution in [2.75, 3.05) is 11.5 Å². The van der Waals surface area contributed by atoms with Crippen LogP contribution in [0.4, 0.5) is 0 Å². The highest BCUT2D eigenvalue weighted by atomic mass is 32.2. The van der Waals surface area contributed by atoms with Gasteiger partial charge in [-0.2, -0.15) is 0 Å². The van der Waals surface area contributed by atoms with E-state index in [0.717, 1.165) is 21.6 Å². The monoisotopic (exact) mass is 298 g/mol. The van der Waals surface area contributed by atoms with Gasteiger partial charge in [-0.1, -0.05) is 33.1 Å². The zero-order valence-corrected chi connectivity index (χ0v) is 13.3. The molecule has 0 fully saturated rings. The van der Waals surface area contributed by atoms with E-state index in [-0.39, 0.29) is 5.91 Å². The number of unbranched alkanes of at least 4 members (excludes halogenated alkanes) is 3. The van der Waals surface area contributed by atoms with Crippen molar-refractivity contribution < 1.29 is 4.79 Å². The van der Waals surface area contributed by atoms with E-state index in [9.17, 15) is 4.79 Å². The number of carbonyl (C=O) groups excluding carboxylic acids is 1. The predicted octanol–water partition coefficient (Wildman–Crippen LogP) is 3.96. The van der Waals surface area contributed by atoms with Gasteiger partial charge in [0.15, 0.2) is 0 Å². The first-order valence-corrected chi connectivity index (χ1v) is 8.72. The van der Waals surface area contributed by atoms with Gasteiger partial charge in [-0.25, -0.2) is 4.98 Å². The van der Waals surface area contributed by atoms with Crippen molar-refractivity contribution in [3.8, 4) is 0 Å². The van der Waals surface area contributed by atoms with Crippen molar-refractivity contribution in [1.29, 1.82) is 0 Å². The first-order chi connectivity index (χ1) is 9.17. The number of primary amides is 1. The van der Waals surface area contributed by atoms with E-state index in [1.165, 1.54) is 25.7 Å². The lowest BCUT2D eigenvalue weighted by atomic mass is 10.2. The molecule has 0 spiro atoms. The van der Waals surface area contributed by atoms with Gasteiger partial charge in [0.1, 0.15) is 0 Å². The molecule has 2 N–H and O–H groups in total. The zero-order chi connectivity index (χ0) is 14.1. The van der Waals surface area contributed by atoms with Gasteiger partial charge in [-0.15, -0.1) is 23.5 Å². The number of carbonyl (C=O) groups is 1. The molecule has 1 aromatic heterocycles. The molecule has 0 aliphatic heterocycles. The van der Waals surface area contributed by atoms with Gasteiger partial charge in [0, 0.05) is 5.56 Å². The number of hydrogen-bond acceptors (Lipinski definition) is 4. The molecule has 1 heterocycles. The summed E-state index contributed by atoms with van der Waals surface area (Å²) in [5.74, 6) is 1.61. The van der Waals surface area contributed by atoms with Gasteiger partial charge in [0.05, 0.1) is 10.1 Å². The molecule has 0 aromatic carbocycles. The average Bonchev–Trinajstić information content (AvgIpc) is 2.38. The molecule has 106 valence electrons. The van der Waals surface area contributed by atoms with Crippen LogP contribution in [0.5, 0.6) is 0 Å². The minimum atomic E-state index is -0.381. The zero-order valence-electron chi connectivity index (χ0n) is 11.6. The van der Waals surface area contributed by atoms with Crippen LogP contribution in [0.25, 0.3) is 0 Å². The summed E-state index contributed by atoms with van der Waals surface area (Å²) in [4.78, 5) is 15.8. The van der Waals surface area contributed by atoms with Gasteiger partial charge < -0.3 is 5.73 Å². The maximum atomic E-state index is 11.3. The van der Waals surface area contributed by atoms with E-state index >= 15 is 0 Å². The number of pyridine rings is 1. The van der Waals surface area contributed by atoms with Gasteiger partial charge in [-0.3, -0.25) is 4.79 Å². The molecule has 0 saturated heterocycles. The van der Waals surface area contributed by atoms with E-state index in [1.807, 2.05) is 0 Å². The van der Waals surface area contributed by atoms with Crippen molar-refractivity contribution in [3.63, 3.8) is 0 Å². The van der Waals surface area contributed by atoms with Crippen LogP contribution in [0.1, 0.15) is 49.9 Å². The van der Waals surface area contributed by atoms with Crippen LogP contribution in [0, 0.1) is 0 Å². The molecule has 0 aliphatic rings. The molecule has 0 unspecified atom stereocenters. The molecule has 0 bridgehead atoms. The molecule has 0 atom stereocenters. The number of thioether (sulfide) groups is 2. The Morgan fingerprint density at radius 3 is 2.42 bits per heavy atom. The second kappa shape index (κ2) is 9.26. The molecule has 3 nitrogen and oxygen atoms in total. The largest absolute Gasteiger partial charge is 0.366 e. The summed E-state index contributed by atoms with van der Waals surface area (Å²) in [6.07, 6.45) is 4.98. The van der Waals surface area contributed by atoms with Crippen molar-refractivity contribution >= 4 is 29.4 Å². The van der Waals surface area contributed by atoms with Crippen molar-refractivity contribution in [2.45, 2.75) is 49.6 Å². The molecular formula is C14H22N2OS2. The van der Waals surface area contributed by atoms with Crippen LogP contribution >= 0.6 is 23.5 Å². The van der Waals surface area contributed by atoms with Crippen LogP contribution < -0.4 is 5.73 Å². The smallest absolute Gasteiger partial charge is 0.248 e. The Balaban J connectivity index is 2.62.